The number of halogens is 2. The first-order valence-electron chi connectivity index (χ1n) is 10.1. The van der Waals surface area contributed by atoms with E-state index in [4.69, 9.17) is 37.8 Å². The maximum absolute atomic E-state index is 6.30. The SMILES string of the molecule is CCc1noc2c1-c1c(C)nn(-c3nc(-c4ccc(Cl)c(Cl)c4)c(SC(C)C)s3)c1C2. The third-order valence-electron chi connectivity index (χ3n) is 5.20. The van der Waals surface area contributed by atoms with E-state index in [1.807, 2.05) is 29.8 Å². The van der Waals surface area contributed by atoms with Gasteiger partial charge in [-0.25, -0.2) is 9.67 Å². The van der Waals surface area contributed by atoms with Crippen molar-refractivity contribution in [3.05, 3.63) is 51.1 Å². The molecule has 160 valence electrons. The number of thioether (sulfide) groups is 1. The Morgan fingerprint density at radius 1 is 1.23 bits per heavy atom. The molecule has 0 radical (unpaired) electrons. The first-order valence-corrected chi connectivity index (χ1v) is 12.5. The van der Waals surface area contributed by atoms with Crippen LogP contribution < -0.4 is 0 Å². The molecule has 3 aromatic heterocycles. The number of benzene rings is 1. The van der Waals surface area contributed by atoms with Crippen LogP contribution in [-0.4, -0.2) is 25.2 Å². The van der Waals surface area contributed by atoms with Crippen LogP contribution in [0.4, 0.5) is 0 Å². The summed E-state index contributed by atoms with van der Waals surface area (Å²) in [7, 11) is 0. The topological polar surface area (TPSA) is 56.7 Å². The van der Waals surface area contributed by atoms with Gasteiger partial charge in [-0.3, -0.25) is 0 Å². The molecular weight excluding hydrogens is 471 g/mol. The summed E-state index contributed by atoms with van der Waals surface area (Å²) in [6, 6.07) is 5.65. The number of aromatic nitrogens is 4. The number of aryl methyl sites for hydroxylation is 2. The van der Waals surface area contributed by atoms with Crippen molar-refractivity contribution in [2.24, 2.45) is 0 Å². The molecule has 4 aromatic rings. The standard InChI is InChI=1S/C22H20Cl2N4OS2/c1-5-15-19-17(29-27-15)9-16-18(19)11(4)26-28(16)22-25-20(21(31-22)30-10(2)3)12-6-7-13(23)14(24)8-12/h6-8,10H,5,9H2,1-4H3. The van der Waals surface area contributed by atoms with E-state index in [1.165, 1.54) is 0 Å². The summed E-state index contributed by atoms with van der Waals surface area (Å²) in [6.07, 6.45) is 1.50. The van der Waals surface area contributed by atoms with Crippen molar-refractivity contribution in [2.45, 2.75) is 50.0 Å². The van der Waals surface area contributed by atoms with Gasteiger partial charge in [0.05, 0.1) is 49.0 Å². The summed E-state index contributed by atoms with van der Waals surface area (Å²) in [6.45, 7) is 8.48. The second-order valence-corrected chi connectivity index (χ2v) is 11.3. The van der Waals surface area contributed by atoms with E-state index in [0.29, 0.717) is 21.7 Å². The highest BCUT2D eigenvalue weighted by Gasteiger charge is 2.33. The van der Waals surface area contributed by atoms with Crippen molar-refractivity contribution >= 4 is 46.3 Å². The Balaban J connectivity index is 1.64. The van der Waals surface area contributed by atoms with Crippen molar-refractivity contribution in [3.63, 3.8) is 0 Å². The Morgan fingerprint density at radius 3 is 2.74 bits per heavy atom. The van der Waals surface area contributed by atoms with Gasteiger partial charge in [0.15, 0.2) is 5.76 Å². The van der Waals surface area contributed by atoms with Crippen LogP contribution in [0.3, 0.4) is 0 Å². The molecule has 1 aliphatic rings. The highest BCUT2D eigenvalue weighted by atomic mass is 35.5. The summed E-state index contributed by atoms with van der Waals surface area (Å²) in [5.41, 5.74) is 7.17. The van der Waals surface area contributed by atoms with E-state index in [1.54, 1.807) is 23.1 Å². The predicted molar refractivity (Wildman–Crippen MR) is 128 cm³/mol. The average Bonchev–Trinajstić information content (AvgIpc) is 3.45. The minimum atomic E-state index is 0.419. The van der Waals surface area contributed by atoms with Crippen molar-refractivity contribution in [1.29, 1.82) is 0 Å². The molecule has 3 heterocycles. The van der Waals surface area contributed by atoms with Crippen molar-refractivity contribution in [2.75, 3.05) is 0 Å². The number of nitrogens with zero attached hydrogens (tertiary/aromatic N) is 4. The lowest BCUT2D eigenvalue weighted by atomic mass is 10.1. The van der Waals surface area contributed by atoms with Crippen LogP contribution in [0.5, 0.6) is 0 Å². The van der Waals surface area contributed by atoms with Crippen LogP contribution in [0.1, 0.15) is 43.6 Å². The van der Waals surface area contributed by atoms with Crippen LogP contribution in [0.2, 0.25) is 10.0 Å². The smallest absolute Gasteiger partial charge is 0.212 e. The second kappa shape index (κ2) is 7.96. The Bertz CT molecular complexity index is 1310. The summed E-state index contributed by atoms with van der Waals surface area (Å²) in [5, 5.41) is 11.4. The minimum absolute atomic E-state index is 0.419. The van der Waals surface area contributed by atoms with Gasteiger partial charge >= 0.3 is 0 Å². The number of fused-ring (bicyclic) bond motifs is 3. The summed E-state index contributed by atoms with van der Waals surface area (Å²) in [5.74, 6) is 0.916. The summed E-state index contributed by atoms with van der Waals surface area (Å²) < 4.78 is 8.72. The predicted octanol–water partition coefficient (Wildman–Crippen LogP) is 7.23. The zero-order valence-corrected chi connectivity index (χ0v) is 20.6. The summed E-state index contributed by atoms with van der Waals surface area (Å²) in [4.78, 5) is 5.01. The normalized spacial score (nSPS) is 12.6. The maximum Gasteiger partial charge on any atom is 0.212 e. The molecule has 0 bridgehead atoms. The molecule has 0 saturated heterocycles. The third-order valence-corrected chi connectivity index (χ3v) is 8.19. The van der Waals surface area contributed by atoms with E-state index < -0.39 is 0 Å². The molecule has 0 amide bonds. The molecule has 5 rings (SSSR count). The van der Waals surface area contributed by atoms with Crippen LogP contribution >= 0.6 is 46.3 Å². The molecule has 0 spiro atoms. The average molecular weight is 491 g/mol. The summed E-state index contributed by atoms with van der Waals surface area (Å²) >= 11 is 15.9. The second-order valence-electron chi connectivity index (χ2n) is 7.70. The Hall–Kier alpha value is -1.80. The van der Waals surface area contributed by atoms with Gasteiger partial charge in [0, 0.05) is 16.4 Å². The molecule has 5 nitrogen and oxygen atoms in total. The highest BCUT2D eigenvalue weighted by molar-refractivity contribution is 8.01. The van der Waals surface area contributed by atoms with Gasteiger partial charge in [0.1, 0.15) is 0 Å². The molecule has 0 N–H and O–H groups in total. The largest absolute Gasteiger partial charge is 0.360 e. The van der Waals surface area contributed by atoms with Gasteiger partial charge in [0.25, 0.3) is 0 Å². The fourth-order valence-corrected chi connectivity index (χ4v) is 6.68. The molecule has 31 heavy (non-hydrogen) atoms. The molecule has 9 heteroatoms. The number of rotatable bonds is 5. The fourth-order valence-electron chi connectivity index (χ4n) is 3.89. The van der Waals surface area contributed by atoms with Gasteiger partial charge in [0.2, 0.25) is 5.13 Å². The van der Waals surface area contributed by atoms with Crippen molar-refractivity contribution < 1.29 is 4.52 Å². The number of hydrogen-bond acceptors (Lipinski definition) is 6. The van der Waals surface area contributed by atoms with E-state index in [-0.39, 0.29) is 0 Å². The molecule has 0 unspecified atom stereocenters. The fraction of sp³-hybridized carbons (Fsp3) is 0.318. The zero-order chi connectivity index (χ0) is 21.9. The van der Waals surface area contributed by atoms with E-state index in [2.05, 4.69) is 25.9 Å². The van der Waals surface area contributed by atoms with Crippen LogP contribution in [0.15, 0.2) is 26.9 Å². The zero-order valence-electron chi connectivity index (χ0n) is 17.5. The van der Waals surface area contributed by atoms with Gasteiger partial charge in [-0.15, -0.1) is 11.8 Å². The Labute approximate surface area is 198 Å². The molecule has 1 aromatic carbocycles. The lowest BCUT2D eigenvalue weighted by molar-refractivity contribution is 0.384. The minimum Gasteiger partial charge on any atom is -0.360 e. The van der Waals surface area contributed by atoms with E-state index >= 15 is 0 Å². The van der Waals surface area contributed by atoms with Gasteiger partial charge < -0.3 is 4.52 Å². The van der Waals surface area contributed by atoms with Gasteiger partial charge in [-0.05, 0) is 25.5 Å². The Kier molecular flexibility index (Phi) is 5.41. The Morgan fingerprint density at radius 2 is 2.03 bits per heavy atom. The molecule has 0 atom stereocenters. The van der Waals surface area contributed by atoms with Crippen molar-refractivity contribution in [1.82, 2.24) is 19.9 Å². The molecular formula is C22H20Cl2N4OS2. The van der Waals surface area contributed by atoms with Crippen LogP contribution in [0, 0.1) is 6.92 Å². The lowest BCUT2D eigenvalue weighted by Gasteiger charge is -2.05. The van der Waals surface area contributed by atoms with Gasteiger partial charge in [-0.2, -0.15) is 5.10 Å². The number of thiazole rings is 1. The first kappa shape index (κ1) is 21.1. The molecule has 0 aliphatic heterocycles. The monoisotopic (exact) mass is 490 g/mol. The first-order chi connectivity index (χ1) is 14.9. The molecule has 0 fully saturated rings. The quantitative estimate of drug-likeness (QED) is 0.243. The maximum atomic E-state index is 6.30. The third kappa shape index (κ3) is 3.52. The van der Waals surface area contributed by atoms with Crippen LogP contribution in [0.25, 0.3) is 27.5 Å². The van der Waals surface area contributed by atoms with Crippen molar-refractivity contribution in [3.8, 4) is 27.5 Å². The molecule has 1 aliphatic carbocycles. The van der Waals surface area contributed by atoms with Gasteiger partial charge in [-0.1, -0.05) is 66.5 Å². The molecule has 0 saturated carbocycles. The van der Waals surface area contributed by atoms with E-state index in [0.717, 1.165) is 61.0 Å². The number of hydrogen-bond donors (Lipinski definition) is 0. The lowest BCUT2D eigenvalue weighted by Crippen LogP contribution is -2.01. The van der Waals surface area contributed by atoms with Crippen LogP contribution in [-0.2, 0) is 12.8 Å². The highest BCUT2D eigenvalue weighted by Crippen LogP contribution is 2.45. The van der Waals surface area contributed by atoms with E-state index in [9.17, 15) is 0 Å².